The molecule has 0 spiro atoms. The average molecular weight is 172 g/mol. The molecule has 0 bridgehead atoms. The Balaban J connectivity index is 2.38. The summed E-state index contributed by atoms with van der Waals surface area (Å²) in [6.07, 6.45) is -0.927. The highest BCUT2D eigenvalue weighted by Crippen LogP contribution is 2.17. The Morgan fingerprint density at radius 3 is 2.50 bits per heavy atom. The van der Waals surface area contributed by atoms with Gasteiger partial charge in [0.2, 0.25) is 5.91 Å². The molecule has 1 rings (SSSR count). The second-order valence-corrected chi connectivity index (χ2v) is 2.98. The van der Waals surface area contributed by atoms with E-state index in [0.29, 0.717) is 6.54 Å². The van der Waals surface area contributed by atoms with Crippen molar-refractivity contribution < 1.29 is 14.7 Å². The fraction of sp³-hybridized carbons (Fsp3) is 0.714. The van der Waals surface area contributed by atoms with E-state index in [-0.39, 0.29) is 18.0 Å². The molecule has 1 aliphatic heterocycles. The Morgan fingerprint density at radius 1 is 1.58 bits per heavy atom. The van der Waals surface area contributed by atoms with E-state index in [9.17, 15) is 9.59 Å². The number of nitrogens with zero attached hydrogens (tertiary/aromatic N) is 1. The van der Waals surface area contributed by atoms with Crippen molar-refractivity contribution in [2.45, 2.75) is 25.9 Å². The lowest BCUT2D eigenvalue weighted by Gasteiger charge is -2.44. The summed E-state index contributed by atoms with van der Waals surface area (Å²) in [7, 11) is 0. The molecule has 2 atom stereocenters. The fourth-order valence-corrected chi connectivity index (χ4v) is 1.29. The zero-order valence-corrected chi connectivity index (χ0v) is 7.07. The van der Waals surface area contributed by atoms with Crippen LogP contribution in [0.1, 0.15) is 13.8 Å². The van der Waals surface area contributed by atoms with Gasteiger partial charge in [-0.25, -0.2) is 4.79 Å². The van der Waals surface area contributed by atoms with Crippen LogP contribution in [0.25, 0.3) is 0 Å². The predicted octanol–water partition coefficient (Wildman–Crippen LogP) is -0.127. The van der Waals surface area contributed by atoms with E-state index in [1.165, 1.54) is 11.8 Å². The smallest absolute Gasteiger partial charge is 0.407 e. The van der Waals surface area contributed by atoms with Crippen LogP contribution in [-0.4, -0.2) is 40.6 Å². The van der Waals surface area contributed by atoms with Crippen LogP contribution in [0.2, 0.25) is 0 Å². The maximum absolute atomic E-state index is 10.6. The highest BCUT2D eigenvalue weighted by Gasteiger charge is 2.38. The maximum atomic E-state index is 10.6. The zero-order valence-electron chi connectivity index (χ0n) is 7.07. The van der Waals surface area contributed by atoms with Gasteiger partial charge < -0.3 is 15.3 Å². The van der Waals surface area contributed by atoms with Gasteiger partial charge in [0.25, 0.3) is 0 Å². The molecule has 0 aromatic heterocycles. The Bertz CT molecular complexity index is 217. The zero-order chi connectivity index (χ0) is 9.30. The Hall–Kier alpha value is -1.26. The fourth-order valence-electron chi connectivity index (χ4n) is 1.29. The Kier molecular flexibility index (Phi) is 2.21. The minimum Gasteiger partial charge on any atom is -0.465 e. The molecule has 2 N–H and O–H groups in total. The third-order valence-corrected chi connectivity index (χ3v) is 2.10. The lowest BCUT2D eigenvalue weighted by Crippen LogP contribution is -2.66. The monoisotopic (exact) mass is 172 g/mol. The lowest BCUT2D eigenvalue weighted by molar-refractivity contribution is -0.121. The molecular weight excluding hydrogens is 160 g/mol. The van der Waals surface area contributed by atoms with Gasteiger partial charge >= 0.3 is 6.09 Å². The minimum absolute atomic E-state index is 0.0152. The van der Waals surface area contributed by atoms with E-state index < -0.39 is 6.09 Å². The van der Waals surface area contributed by atoms with Gasteiger partial charge in [-0.15, -0.1) is 0 Å². The van der Waals surface area contributed by atoms with Gasteiger partial charge in [0, 0.05) is 13.5 Å². The molecule has 0 aliphatic carbocycles. The summed E-state index contributed by atoms with van der Waals surface area (Å²) >= 11 is 0. The standard InChI is InChI=1S/C7H12N2O3/c1-4-6(8-5(2)10)3-9(4)7(11)12/h4,6H,3H2,1-2H3,(H,8,10)(H,11,12)/t4-,6?/m0/s1. The van der Waals surface area contributed by atoms with Gasteiger partial charge in [-0.1, -0.05) is 0 Å². The van der Waals surface area contributed by atoms with Crippen LogP contribution in [0, 0.1) is 0 Å². The average Bonchev–Trinajstić information content (AvgIpc) is 1.95. The molecule has 2 amide bonds. The minimum atomic E-state index is -0.927. The molecular formula is C7H12N2O3. The number of rotatable bonds is 1. The van der Waals surface area contributed by atoms with E-state index in [4.69, 9.17) is 5.11 Å². The van der Waals surface area contributed by atoms with E-state index in [0.717, 1.165) is 0 Å². The molecule has 0 saturated carbocycles. The van der Waals surface area contributed by atoms with E-state index in [1.54, 1.807) is 6.92 Å². The first-order valence-electron chi connectivity index (χ1n) is 3.79. The van der Waals surface area contributed by atoms with Crippen molar-refractivity contribution in [3.05, 3.63) is 0 Å². The predicted molar refractivity (Wildman–Crippen MR) is 41.8 cm³/mol. The van der Waals surface area contributed by atoms with Crippen LogP contribution in [0.4, 0.5) is 4.79 Å². The molecule has 12 heavy (non-hydrogen) atoms. The first kappa shape index (κ1) is 8.83. The second-order valence-electron chi connectivity index (χ2n) is 2.98. The van der Waals surface area contributed by atoms with Crippen molar-refractivity contribution in [2.75, 3.05) is 6.54 Å². The molecule has 1 unspecified atom stereocenters. The van der Waals surface area contributed by atoms with Gasteiger partial charge in [-0.2, -0.15) is 0 Å². The van der Waals surface area contributed by atoms with Crippen molar-refractivity contribution in [1.82, 2.24) is 10.2 Å². The highest BCUT2D eigenvalue weighted by atomic mass is 16.4. The molecule has 0 aromatic carbocycles. The molecule has 1 aliphatic rings. The molecule has 1 fully saturated rings. The van der Waals surface area contributed by atoms with E-state index >= 15 is 0 Å². The largest absolute Gasteiger partial charge is 0.465 e. The molecule has 0 aromatic rings. The number of nitrogens with one attached hydrogen (secondary N) is 1. The number of carboxylic acid groups (broad SMARTS) is 1. The molecule has 5 nitrogen and oxygen atoms in total. The van der Waals surface area contributed by atoms with E-state index in [2.05, 4.69) is 5.32 Å². The summed E-state index contributed by atoms with van der Waals surface area (Å²) in [5, 5.41) is 11.2. The lowest BCUT2D eigenvalue weighted by atomic mass is 9.99. The van der Waals surface area contributed by atoms with Crippen molar-refractivity contribution in [1.29, 1.82) is 0 Å². The van der Waals surface area contributed by atoms with Crippen LogP contribution in [0.15, 0.2) is 0 Å². The Morgan fingerprint density at radius 2 is 2.17 bits per heavy atom. The Labute approximate surface area is 70.4 Å². The molecule has 1 saturated heterocycles. The number of amides is 2. The number of carbonyl (C=O) groups is 2. The maximum Gasteiger partial charge on any atom is 0.407 e. The number of likely N-dealkylation sites (tertiary alicyclic amines) is 1. The first-order chi connectivity index (χ1) is 5.52. The topological polar surface area (TPSA) is 69.6 Å². The van der Waals surface area contributed by atoms with E-state index in [1.807, 2.05) is 0 Å². The van der Waals surface area contributed by atoms with Crippen molar-refractivity contribution >= 4 is 12.0 Å². The van der Waals surface area contributed by atoms with Crippen molar-refractivity contribution in [2.24, 2.45) is 0 Å². The summed E-state index contributed by atoms with van der Waals surface area (Å²) in [5.74, 6) is -0.114. The normalized spacial score (nSPS) is 27.7. The molecule has 68 valence electrons. The summed E-state index contributed by atoms with van der Waals surface area (Å²) in [4.78, 5) is 22.3. The van der Waals surface area contributed by atoms with Crippen LogP contribution < -0.4 is 5.32 Å². The second kappa shape index (κ2) is 3.00. The summed E-state index contributed by atoms with van der Waals surface area (Å²) in [6, 6.07) is -0.120. The summed E-state index contributed by atoms with van der Waals surface area (Å²) < 4.78 is 0. The van der Waals surface area contributed by atoms with Gasteiger partial charge in [0.1, 0.15) is 0 Å². The highest BCUT2D eigenvalue weighted by molar-refractivity contribution is 5.74. The van der Waals surface area contributed by atoms with Crippen LogP contribution >= 0.6 is 0 Å². The van der Waals surface area contributed by atoms with Gasteiger partial charge in [0.05, 0.1) is 12.1 Å². The summed E-state index contributed by atoms with van der Waals surface area (Å²) in [5.41, 5.74) is 0. The van der Waals surface area contributed by atoms with Crippen LogP contribution in [0.3, 0.4) is 0 Å². The third-order valence-electron chi connectivity index (χ3n) is 2.10. The SMILES string of the molecule is CC(=O)NC1CN(C(=O)O)[C@H]1C. The third kappa shape index (κ3) is 1.49. The van der Waals surface area contributed by atoms with Gasteiger partial charge in [-0.3, -0.25) is 4.79 Å². The molecule has 5 heteroatoms. The van der Waals surface area contributed by atoms with Crippen LogP contribution in [0.5, 0.6) is 0 Å². The number of hydrogen-bond donors (Lipinski definition) is 2. The number of hydrogen-bond acceptors (Lipinski definition) is 2. The summed E-state index contributed by atoms with van der Waals surface area (Å²) in [6.45, 7) is 3.60. The van der Waals surface area contributed by atoms with Gasteiger partial charge in [0.15, 0.2) is 0 Å². The first-order valence-corrected chi connectivity index (χ1v) is 3.79. The van der Waals surface area contributed by atoms with Crippen LogP contribution in [-0.2, 0) is 4.79 Å². The molecule has 0 radical (unpaired) electrons. The van der Waals surface area contributed by atoms with Gasteiger partial charge in [-0.05, 0) is 6.92 Å². The van der Waals surface area contributed by atoms with Crippen molar-refractivity contribution in [3.8, 4) is 0 Å². The quantitative estimate of drug-likeness (QED) is 0.579. The number of carbonyl (C=O) groups excluding carboxylic acids is 1. The molecule has 1 heterocycles. The van der Waals surface area contributed by atoms with Crippen molar-refractivity contribution in [3.63, 3.8) is 0 Å².